The highest BCUT2D eigenvalue weighted by Crippen LogP contribution is 2.15. The Morgan fingerprint density at radius 2 is 2.32 bits per heavy atom. The van der Waals surface area contributed by atoms with Gasteiger partial charge in [-0.2, -0.15) is 5.10 Å². The normalized spacial score (nSPS) is 10.3. The Hall–Kier alpha value is -2.37. The van der Waals surface area contributed by atoms with Crippen molar-refractivity contribution < 1.29 is 4.79 Å². The molecule has 0 aliphatic heterocycles. The van der Waals surface area contributed by atoms with Crippen LogP contribution in [0, 0.1) is 6.92 Å². The number of aromatic amines is 1. The second-order valence-electron chi connectivity index (χ2n) is 4.36. The van der Waals surface area contributed by atoms with E-state index in [1.165, 1.54) is 0 Å². The van der Waals surface area contributed by atoms with Gasteiger partial charge in [0.05, 0.1) is 6.20 Å². The molecular formula is C13H17N5O. The van der Waals surface area contributed by atoms with E-state index in [4.69, 9.17) is 0 Å². The smallest absolute Gasteiger partial charge is 0.251 e. The average molecular weight is 259 g/mol. The lowest BCUT2D eigenvalue weighted by Gasteiger charge is -2.18. The van der Waals surface area contributed by atoms with Crippen molar-refractivity contribution in [3.63, 3.8) is 0 Å². The maximum Gasteiger partial charge on any atom is 0.251 e. The fourth-order valence-electron chi connectivity index (χ4n) is 1.78. The topological polar surface area (TPSA) is 73.9 Å². The van der Waals surface area contributed by atoms with Crippen molar-refractivity contribution in [2.75, 3.05) is 19.0 Å². The molecule has 0 saturated carbocycles. The number of rotatable bonds is 4. The second kappa shape index (κ2) is 5.51. The summed E-state index contributed by atoms with van der Waals surface area (Å²) in [4.78, 5) is 17.8. The number of H-pyrrole nitrogens is 1. The van der Waals surface area contributed by atoms with Gasteiger partial charge in [-0.1, -0.05) is 0 Å². The van der Waals surface area contributed by atoms with Crippen molar-refractivity contribution in [2.24, 2.45) is 0 Å². The molecule has 100 valence electrons. The molecule has 19 heavy (non-hydrogen) atoms. The van der Waals surface area contributed by atoms with Gasteiger partial charge in [0.1, 0.15) is 5.82 Å². The number of aromatic nitrogens is 3. The minimum atomic E-state index is -0.114. The van der Waals surface area contributed by atoms with Crippen molar-refractivity contribution in [1.29, 1.82) is 0 Å². The first-order valence-electron chi connectivity index (χ1n) is 6.00. The Morgan fingerprint density at radius 3 is 2.95 bits per heavy atom. The molecule has 2 heterocycles. The van der Waals surface area contributed by atoms with E-state index in [0.717, 1.165) is 17.1 Å². The van der Waals surface area contributed by atoms with Crippen LogP contribution in [0.2, 0.25) is 0 Å². The molecule has 0 atom stereocenters. The number of aryl methyl sites for hydroxylation is 1. The lowest BCUT2D eigenvalue weighted by Crippen LogP contribution is -2.21. The summed E-state index contributed by atoms with van der Waals surface area (Å²) in [5.41, 5.74) is 2.74. The van der Waals surface area contributed by atoms with Gasteiger partial charge in [0.2, 0.25) is 0 Å². The van der Waals surface area contributed by atoms with Gasteiger partial charge in [0.25, 0.3) is 5.91 Å². The summed E-state index contributed by atoms with van der Waals surface area (Å²) in [5, 5.41) is 9.50. The van der Waals surface area contributed by atoms with Gasteiger partial charge < -0.3 is 10.2 Å². The van der Waals surface area contributed by atoms with E-state index in [9.17, 15) is 4.79 Å². The van der Waals surface area contributed by atoms with Crippen molar-refractivity contribution >= 4 is 11.7 Å². The SMILES string of the molecule is CNC(=O)c1ccnc(N(C)Cc2cn[nH]c2C)c1. The first-order chi connectivity index (χ1) is 9.11. The molecule has 2 aromatic heterocycles. The lowest BCUT2D eigenvalue weighted by molar-refractivity contribution is 0.0963. The van der Waals surface area contributed by atoms with E-state index >= 15 is 0 Å². The van der Waals surface area contributed by atoms with Crippen LogP contribution in [0.25, 0.3) is 0 Å². The molecule has 6 nitrogen and oxygen atoms in total. The van der Waals surface area contributed by atoms with Gasteiger partial charge in [-0.05, 0) is 19.1 Å². The van der Waals surface area contributed by atoms with E-state index in [1.807, 2.05) is 18.9 Å². The molecule has 2 rings (SSSR count). The van der Waals surface area contributed by atoms with E-state index in [1.54, 1.807) is 31.6 Å². The van der Waals surface area contributed by atoms with Crippen LogP contribution >= 0.6 is 0 Å². The van der Waals surface area contributed by atoms with Crippen LogP contribution in [-0.4, -0.2) is 35.2 Å². The number of hydrogen-bond donors (Lipinski definition) is 2. The Balaban J connectivity index is 2.17. The first kappa shape index (κ1) is 13.1. The molecule has 6 heteroatoms. The number of hydrogen-bond acceptors (Lipinski definition) is 4. The molecule has 0 spiro atoms. The summed E-state index contributed by atoms with van der Waals surface area (Å²) in [7, 11) is 3.55. The molecule has 0 fully saturated rings. The van der Waals surface area contributed by atoms with Crippen molar-refractivity contribution in [3.05, 3.63) is 41.3 Å². The van der Waals surface area contributed by atoms with Gasteiger partial charge in [-0.25, -0.2) is 4.98 Å². The third-order valence-electron chi connectivity index (χ3n) is 2.97. The van der Waals surface area contributed by atoms with E-state index in [-0.39, 0.29) is 5.91 Å². The van der Waals surface area contributed by atoms with E-state index in [2.05, 4.69) is 20.5 Å². The number of amides is 1. The van der Waals surface area contributed by atoms with Crippen LogP contribution in [0.3, 0.4) is 0 Å². The van der Waals surface area contributed by atoms with Crippen LogP contribution in [0.1, 0.15) is 21.6 Å². The third kappa shape index (κ3) is 2.90. The van der Waals surface area contributed by atoms with Gasteiger partial charge in [0, 0.05) is 43.7 Å². The summed E-state index contributed by atoms with van der Waals surface area (Å²) in [6.45, 7) is 2.66. The number of anilines is 1. The zero-order chi connectivity index (χ0) is 13.8. The Kier molecular flexibility index (Phi) is 3.79. The third-order valence-corrected chi connectivity index (χ3v) is 2.97. The molecule has 2 aromatic rings. The van der Waals surface area contributed by atoms with Gasteiger partial charge in [0.15, 0.2) is 0 Å². The molecule has 0 bridgehead atoms. The minimum Gasteiger partial charge on any atom is -0.355 e. The zero-order valence-electron chi connectivity index (χ0n) is 11.3. The summed E-state index contributed by atoms with van der Waals surface area (Å²) in [6, 6.07) is 3.47. The number of nitrogens with zero attached hydrogens (tertiary/aromatic N) is 3. The van der Waals surface area contributed by atoms with Crippen molar-refractivity contribution in [3.8, 4) is 0 Å². The quantitative estimate of drug-likeness (QED) is 0.862. The Morgan fingerprint density at radius 1 is 1.53 bits per heavy atom. The maximum absolute atomic E-state index is 11.6. The predicted octanol–water partition coefficient (Wildman–Crippen LogP) is 1.11. The van der Waals surface area contributed by atoms with E-state index in [0.29, 0.717) is 12.1 Å². The van der Waals surface area contributed by atoms with E-state index < -0.39 is 0 Å². The number of nitrogens with one attached hydrogen (secondary N) is 2. The zero-order valence-corrected chi connectivity index (χ0v) is 11.3. The molecular weight excluding hydrogens is 242 g/mol. The number of carbonyl (C=O) groups is 1. The minimum absolute atomic E-state index is 0.114. The lowest BCUT2D eigenvalue weighted by atomic mass is 10.2. The molecule has 0 aliphatic rings. The highest BCUT2D eigenvalue weighted by atomic mass is 16.1. The van der Waals surface area contributed by atoms with Crippen molar-refractivity contribution in [2.45, 2.75) is 13.5 Å². The Bertz CT molecular complexity index is 578. The highest BCUT2D eigenvalue weighted by molar-refractivity contribution is 5.94. The summed E-state index contributed by atoms with van der Waals surface area (Å²) >= 11 is 0. The highest BCUT2D eigenvalue weighted by Gasteiger charge is 2.10. The molecule has 0 radical (unpaired) electrons. The summed E-state index contributed by atoms with van der Waals surface area (Å²) in [6.07, 6.45) is 3.44. The number of carbonyl (C=O) groups excluding carboxylic acids is 1. The molecule has 0 unspecified atom stereocenters. The fourth-order valence-corrected chi connectivity index (χ4v) is 1.78. The molecule has 1 amide bonds. The van der Waals surface area contributed by atoms with Crippen LogP contribution in [0.5, 0.6) is 0 Å². The number of pyridine rings is 1. The van der Waals surface area contributed by atoms with Gasteiger partial charge in [-0.15, -0.1) is 0 Å². The van der Waals surface area contributed by atoms with Crippen LogP contribution in [-0.2, 0) is 6.54 Å². The van der Waals surface area contributed by atoms with Crippen LogP contribution in [0.4, 0.5) is 5.82 Å². The molecule has 0 aromatic carbocycles. The van der Waals surface area contributed by atoms with Gasteiger partial charge >= 0.3 is 0 Å². The predicted molar refractivity (Wildman–Crippen MR) is 73.1 cm³/mol. The van der Waals surface area contributed by atoms with Crippen molar-refractivity contribution in [1.82, 2.24) is 20.5 Å². The Labute approximate surface area is 111 Å². The van der Waals surface area contributed by atoms with Crippen LogP contribution < -0.4 is 10.2 Å². The summed E-state index contributed by atoms with van der Waals surface area (Å²) in [5.74, 6) is 0.637. The first-order valence-corrected chi connectivity index (χ1v) is 6.00. The van der Waals surface area contributed by atoms with Gasteiger partial charge in [-0.3, -0.25) is 9.89 Å². The molecule has 0 saturated heterocycles. The molecule has 2 N–H and O–H groups in total. The average Bonchev–Trinajstić information content (AvgIpc) is 2.83. The fraction of sp³-hybridized carbons (Fsp3) is 0.308. The molecule has 0 aliphatic carbocycles. The summed E-state index contributed by atoms with van der Waals surface area (Å²) < 4.78 is 0. The standard InChI is InChI=1S/C13H17N5O/c1-9-11(7-16-17-9)8-18(3)12-6-10(4-5-15-12)13(19)14-2/h4-7H,8H2,1-3H3,(H,14,19)(H,16,17). The maximum atomic E-state index is 11.6. The second-order valence-corrected chi connectivity index (χ2v) is 4.36. The monoisotopic (exact) mass is 259 g/mol. The van der Waals surface area contributed by atoms with Crippen LogP contribution in [0.15, 0.2) is 24.5 Å². The largest absolute Gasteiger partial charge is 0.355 e.